The summed E-state index contributed by atoms with van der Waals surface area (Å²) in [4.78, 5) is 24.5. The van der Waals surface area contributed by atoms with Crippen LogP contribution in [0.15, 0.2) is 42.6 Å². The zero-order chi connectivity index (χ0) is 24.9. The van der Waals surface area contributed by atoms with Gasteiger partial charge < -0.3 is 25.0 Å². The minimum Gasteiger partial charge on any atom is -0.493 e. The molecule has 1 aromatic heterocycles. The van der Waals surface area contributed by atoms with Crippen LogP contribution in [-0.4, -0.2) is 54.6 Å². The first kappa shape index (κ1) is 24.1. The fourth-order valence-corrected chi connectivity index (χ4v) is 4.99. The van der Waals surface area contributed by atoms with Gasteiger partial charge in [-0.3, -0.25) is 4.79 Å². The van der Waals surface area contributed by atoms with Gasteiger partial charge in [0.25, 0.3) is 0 Å². The third kappa shape index (κ3) is 5.44. The maximum Gasteiger partial charge on any atom is 0.228 e. The molecule has 1 saturated heterocycles. The quantitative estimate of drug-likeness (QED) is 0.471. The van der Waals surface area contributed by atoms with E-state index in [1.54, 1.807) is 20.4 Å². The van der Waals surface area contributed by atoms with Crippen molar-refractivity contribution in [2.24, 2.45) is 0 Å². The van der Waals surface area contributed by atoms with Gasteiger partial charge in [0.2, 0.25) is 11.9 Å². The summed E-state index contributed by atoms with van der Waals surface area (Å²) in [5.41, 5.74) is 5.30. The van der Waals surface area contributed by atoms with Gasteiger partial charge in [0, 0.05) is 29.1 Å². The van der Waals surface area contributed by atoms with Crippen LogP contribution in [-0.2, 0) is 17.6 Å². The monoisotopic (exact) mass is 487 g/mol. The molecule has 188 valence electrons. The number of aromatic nitrogens is 2. The summed E-state index contributed by atoms with van der Waals surface area (Å²) < 4.78 is 10.7. The van der Waals surface area contributed by atoms with Crippen LogP contribution in [0.4, 0.5) is 17.3 Å². The normalized spacial score (nSPS) is 15.3. The third-order valence-electron chi connectivity index (χ3n) is 6.86. The number of nitrogens with one attached hydrogen (secondary N) is 2. The molecule has 0 aliphatic carbocycles. The molecule has 0 saturated carbocycles. The lowest BCUT2D eigenvalue weighted by atomic mass is 10.0. The predicted octanol–water partition coefficient (Wildman–Crippen LogP) is 4.82. The van der Waals surface area contributed by atoms with Crippen LogP contribution < -0.4 is 20.1 Å². The summed E-state index contributed by atoms with van der Waals surface area (Å²) >= 11 is 0. The summed E-state index contributed by atoms with van der Waals surface area (Å²) in [5.74, 6) is 1.66. The number of nitrogens with zero attached hydrogens (tertiary/aromatic N) is 3. The average Bonchev–Trinajstić information content (AvgIpc) is 3.04. The number of fused-ring (bicyclic) bond motifs is 3. The maximum atomic E-state index is 12.6. The molecule has 0 unspecified atom stereocenters. The highest BCUT2D eigenvalue weighted by atomic mass is 16.5. The second-order valence-corrected chi connectivity index (χ2v) is 9.37. The van der Waals surface area contributed by atoms with Crippen molar-refractivity contribution < 1.29 is 14.3 Å². The summed E-state index contributed by atoms with van der Waals surface area (Å²) in [7, 11) is 3.21. The molecule has 0 radical (unpaired) electrons. The van der Waals surface area contributed by atoms with Gasteiger partial charge in [-0.2, -0.15) is 0 Å². The number of likely N-dealkylation sites (tertiary alicyclic amines) is 1. The van der Waals surface area contributed by atoms with Crippen LogP contribution in [0.2, 0.25) is 0 Å². The lowest BCUT2D eigenvalue weighted by Gasteiger charge is -2.26. The van der Waals surface area contributed by atoms with Crippen molar-refractivity contribution in [3.8, 4) is 22.8 Å². The largest absolute Gasteiger partial charge is 0.493 e. The zero-order valence-corrected chi connectivity index (χ0v) is 21.0. The number of hydrogen-bond acceptors (Lipinski definition) is 7. The van der Waals surface area contributed by atoms with E-state index in [4.69, 9.17) is 14.5 Å². The van der Waals surface area contributed by atoms with Crippen molar-refractivity contribution in [3.05, 3.63) is 53.7 Å². The number of anilines is 3. The number of hydrogen-bond donors (Lipinski definition) is 2. The molecule has 2 aliphatic heterocycles. The smallest absolute Gasteiger partial charge is 0.228 e. The Morgan fingerprint density at radius 2 is 1.86 bits per heavy atom. The number of piperidine rings is 1. The summed E-state index contributed by atoms with van der Waals surface area (Å²) in [5, 5.41) is 6.32. The van der Waals surface area contributed by atoms with Gasteiger partial charge in [0.1, 0.15) is 0 Å². The number of carbonyl (C=O) groups is 1. The molecule has 5 rings (SSSR count). The van der Waals surface area contributed by atoms with E-state index in [-0.39, 0.29) is 12.3 Å². The molecule has 0 bridgehead atoms. The van der Waals surface area contributed by atoms with Gasteiger partial charge >= 0.3 is 0 Å². The van der Waals surface area contributed by atoms with E-state index in [0.717, 1.165) is 47.6 Å². The van der Waals surface area contributed by atoms with Gasteiger partial charge in [-0.1, -0.05) is 18.6 Å². The maximum absolute atomic E-state index is 12.6. The van der Waals surface area contributed by atoms with E-state index in [9.17, 15) is 4.79 Å². The summed E-state index contributed by atoms with van der Waals surface area (Å²) in [6.07, 6.45) is 8.06. The first-order valence-corrected chi connectivity index (χ1v) is 12.6. The molecule has 2 N–H and O–H groups in total. The molecule has 8 nitrogen and oxygen atoms in total. The van der Waals surface area contributed by atoms with E-state index < -0.39 is 0 Å². The topological polar surface area (TPSA) is 88.6 Å². The highest BCUT2D eigenvalue weighted by molar-refractivity contribution is 6.00. The van der Waals surface area contributed by atoms with Crippen molar-refractivity contribution in [3.63, 3.8) is 0 Å². The van der Waals surface area contributed by atoms with Crippen LogP contribution in [0.5, 0.6) is 11.5 Å². The van der Waals surface area contributed by atoms with Crippen LogP contribution in [0, 0.1) is 0 Å². The first-order chi connectivity index (χ1) is 17.6. The van der Waals surface area contributed by atoms with Crippen molar-refractivity contribution in [1.82, 2.24) is 14.9 Å². The van der Waals surface area contributed by atoms with E-state index in [2.05, 4.69) is 38.7 Å². The van der Waals surface area contributed by atoms with Crippen molar-refractivity contribution in [1.29, 1.82) is 0 Å². The fourth-order valence-electron chi connectivity index (χ4n) is 4.99. The molecule has 0 spiro atoms. The van der Waals surface area contributed by atoms with Gasteiger partial charge in [-0.05, 0) is 69.1 Å². The Hall–Kier alpha value is -3.65. The zero-order valence-electron chi connectivity index (χ0n) is 21.0. The predicted molar refractivity (Wildman–Crippen MR) is 141 cm³/mol. The highest BCUT2D eigenvalue weighted by Crippen LogP contribution is 2.35. The minimum absolute atomic E-state index is 0.0512. The highest BCUT2D eigenvalue weighted by Gasteiger charge is 2.22. The Kier molecular flexibility index (Phi) is 7.32. The molecule has 0 atom stereocenters. The van der Waals surface area contributed by atoms with Gasteiger partial charge in [-0.25, -0.2) is 9.97 Å². The standard InChI is InChI=1S/C28H33N5O3/c1-35-24-11-9-21(17-25(24)36-2)30-28-29-18-20-16-26(34)31-23-15-19(8-10-22(23)27(20)32-28)7-6-14-33-12-4-3-5-13-33/h8-11,15,17-18H,3-7,12-14,16H2,1-2H3,(H,31,34)(H,29,30,32). The summed E-state index contributed by atoms with van der Waals surface area (Å²) in [6, 6.07) is 11.9. The van der Waals surface area contributed by atoms with Gasteiger partial charge in [-0.15, -0.1) is 0 Å². The SMILES string of the molecule is COc1ccc(Nc2ncc3c(n2)-c2ccc(CCCN4CCCCC4)cc2NC(=O)C3)cc1OC. The Bertz CT molecular complexity index is 1240. The number of benzene rings is 2. The molecule has 36 heavy (non-hydrogen) atoms. The molecule has 2 aromatic carbocycles. The molecule has 3 heterocycles. The van der Waals surface area contributed by atoms with Crippen LogP contribution in [0.1, 0.15) is 36.8 Å². The summed E-state index contributed by atoms with van der Waals surface area (Å²) in [6.45, 7) is 3.57. The Morgan fingerprint density at radius 3 is 2.67 bits per heavy atom. The number of methoxy groups -OCH3 is 2. The van der Waals surface area contributed by atoms with E-state index >= 15 is 0 Å². The first-order valence-electron chi connectivity index (χ1n) is 12.6. The minimum atomic E-state index is -0.0512. The lowest BCUT2D eigenvalue weighted by molar-refractivity contribution is -0.115. The van der Waals surface area contributed by atoms with Gasteiger partial charge in [0.05, 0.1) is 32.0 Å². The molecule has 2 aliphatic rings. The van der Waals surface area contributed by atoms with Crippen molar-refractivity contribution in [2.45, 2.75) is 38.5 Å². The number of rotatable bonds is 8. The van der Waals surface area contributed by atoms with Crippen LogP contribution in [0.25, 0.3) is 11.3 Å². The number of ether oxygens (including phenoxy) is 2. The van der Waals surface area contributed by atoms with Crippen LogP contribution in [0.3, 0.4) is 0 Å². The second kappa shape index (κ2) is 11.0. The molecular weight excluding hydrogens is 454 g/mol. The number of aryl methyl sites for hydroxylation is 1. The lowest BCUT2D eigenvalue weighted by Crippen LogP contribution is -2.30. The second-order valence-electron chi connectivity index (χ2n) is 9.37. The Balaban J connectivity index is 1.36. The van der Waals surface area contributed by atoms with Crippen molar-refractivity contribution in [2.75, 3.05) is 44.5 Å². The Morgan fingerprint density at radius 1 is 1.03 bits per heavy atom. The molecular formula is C28H33N5O3. The number of amides is 1. The molecule has 1 amide bonds. The number of carbonyl (C=O) groups excluding carboxylic acids is 1. The Labute approximate surface area is 212 Å². The fraction of sp³-hybridized carbons (Fsp3) is 0.393. The van der Waals surface area contributed by atoms with Crippen molar-refractivity contribution >= 4 is 23.2 Å². The van der Waals surface area contributed by atoms with E-state index in [1.807, 2.05) is 18.2 Å². The molecule has 8 heteroatoms. The molecule has 3 aromatic rings. The van der Waals surface area contributed by atoms with Gasteiger partial charge in [0.15, 0.2) is 11.5 Å². The van der Waals surface area contributed by atoms with E-state index in [0.29, 0.717) is 17.4 Å². The van der Waals surface area contributed by atoms with Crippen LogP contribution >= 0.6 is 0 Å². The average molecular weight is 488 g/mol. The third-order valence-corrected chi connectivity index (χ3v) is 6.86. The van der Waals surface area contributed by atoms with E-state index in [1.165, 1.54) is 37.9 Å². The molecule has 1 fully saturated rings.